The van der Waals surface area contributed by atoms with E-state index in [1.54, 1.807) is 19.2 Å². The van der Waals surface area contributed by atoms with Gasteiger partial charge in [0.05, 0.1) is 21.2 Å². The Morgan fingerprint density at radius 2 is 2.29 bits per heavy atom. The average Bonchev–Trinajstić information content (AvgIpc) is 3.01. The van der Waals surface area contributed by atoms with Crippen LogP contribution in [0.3, 0.4) is 0 Å². The summed E-state index contributed by atoms with van der Waals surface area (Å²) < 4.78 is 0. The van der Waals surface area contributed by atoms with Gasteiger partial charge < -0.3 is 5.32 Å². The predicted molar refractivity (Wildman–Crippen MR) is 84.1 cm³/mol. The number of anilines is 1. The van der Waals surface area contributed by atoms with Crippen LogP contribution in [0.25, 0.3) is 0 Å². The van der Waals surface area contributed by atoms with Crippen molar-refractivity contribution in [1.29, 1.82) is 0 Å². The second-order valence-electron chi connectivity index (χ2n) is 4.12. The molecular formula is C14H13N3O3S. The molecule has 0 atom stereocenters. The Labute approximate surface area is 125 Å². The fourth-order valence-electron chi connectivity index (χ4n) is 1.72. The van der Waals surface area contributed by atoms with Crippen LogP contribution in [-0.4, -0.2) is 24.0 Å². The van der Waals surface area contributed by atoms with Crippen molar-refractivity contribution in [3.8, 4) is 0 Å². The molecule has 21 heavy (non-hydrogen) atoms. The van der Waals surface area contributed by atoms with Gasteiger partial charge in [0, 0.05) is 31.8 Å². The van der Waals surface area contributed by atoms with E-state index in [4.69, 9.17) is 0 Å². The molecule has 2 aromatic rings. The van der Waals surface area contributed by atoms with Crippen LogP contribution in [-0.2, 0) is 0 Å². The third kappa shape index (κ3) is 3.73. The van der Waals surface area contributed by atoms with E-state index >= 15 is 0 Å². The Morgan fingerprint density at radius 1 is 1.48 bits per heavy atom. The minimum Gasteiger partial charge on any atom is -0.386 e. The number of rotatable bonds is 6. The van der Waals surface area contributed by atoms with E-state index in [0.29, 0.717) is 16.3 Å². The lowest BCUT2D eigenvalue weighted by molar-refractivity contribution is -0.384. The molecule has 0 spiro atoms. The smallest absolute Gasteiger partial charge is 0.271 e. The van der Waals surface area contributed by atoms with Crippen LogP contribution >= 0.6 is 11.3 Å². The molecule has 7 heteroatoms. The first kappa shape index (κ1) is 14.9. The number of carbonyl (C=O) groups is 1. The van der Waals surface area contributed by atoms with E-state index < -0.39 is 4.92 Å². The fraction of sp³-hybridized carbons (Fsp3) is 0.143. The number of hydrogen-bond donors (Lipinski definition) is 1. The Balaban J connectivity index is 2.10. The molecular weight excluding hydrogens is 290 g/mol. The summed E-state index contributed by atoms with van der Waals surface area (Å²) in [5, 5.41) is 15.4. The Bertz CT molecular complexity index is 681. The Kier molecular flexibility index (Phi) is 4.78. The molecule has 2 rings (SSSR count). The van der Waals surface area contributed by atoms with Crippen molar-refractivity contribution in [1.82, 2.24) is 0 Å². The SMILES string of the molecule is CNc1cc([N+](=O)[O-])ccc1N=CCC(=O)c1cccs1. The largest absolute Gasteiger partial charge is 0.386 e. The summed E-state index contributed by atoms with van der Waals surface area (Å²) in [5.41, 5.74) is 1.10. The van der Waals surface area contributed by atoms with Gasteiger partial charge in [-0.15, -0.1) is 11.3 Å². The lowest BCUT2D eigenvalue weighted by atomic mass is 10.2. The Morgan fingerprint density at radius 3 is 2.90 bits per heavy atom. The van der Waals surface area contributed by atoms with Crippen molar-refractivity contribution in [2.75, 3.05) is 12.4 Å². The van der Waals surface area contributed by atoms with Gasteiger partial charge in [0.15, 0.2) is 5.78 Å². The number of nitrogens with zero attached hydrogens (tertiary/aromatic N) is 2. The molecule has 0 unspecified atom stereocenters. The van der Waals surface area contributed by atoms with Crippen LogP contribution in [0.15, 0.2) is 40.7 Å². The number of nitro groups is 1. The highest BCUT2D eigenvalue weighted by Gasteiger charge is 2.09. The minimum absolute atomic E-state index is 0.00155. The molecule has 1 heterocycles. The first-order chi connectivity index (χ1) is 10.1. The van der Waals surface area contributed by atoms with Crippen LogP contribution in [0.2, 0.25) is 0 Å². The molecule has 0 aliphatic carbocycles. The van der Waals surface area contributed by atoms with Gasteiger partial charge in [-0.2, -0.15) is 0 Å². The van der Waals surface area contributed by atoms with Crippen LogP contribution < -0.4 is 5.32 Å². The summed E-state index contributed by atoms with van der Waals surface area (Å²) in [5.74, 6) is 0.00155. The van der Waals surface area contributed by atoms with E-state index in [0.717, 1.165) is 0 Å². The molecule has 1 N–H and O–H groups in total. The zero-order valence-electron chi connectivity index (χ0n) is 11.3. The molecule has 1 aromatic carbocycles. The maximum atomic E-state index is 11.8. The van der Waals surface area contributed by atoms with Crippen molar-refractivity contribution >= 4 is 40.4 Å². The van der Waals surface area contributed by atoms with Gasteiger partial charge in [0.1, 0.15) is 0 Å². The highest BCUT2D eigenvalue weighted by atomic mass is 32.1. The lowest BCUT2D eigenvalue weighted by Crippen LogP contribution is -1.96. The zero-order valence-corrected chi connectivity index (χ0v) is 12.1. The lowest BCUT2D eigenvalue weighted by Gasteiger charge is -2.04. The zero-order chi connectivity index (χ0) is 15.2. The van der Waals surface area contributed by atoms with Gasteiger partial charge in [0.2, 0.25) is 0 Å². The first-order valence-corrected chi connectivity index (χ1v) is 7.05. The highest BCUT2D eigenvalue weighted by Crippen LogP contribution is 2.28. The number of ketones is 1. The van der Waals surface area contributed by atoms with Crippen molar-refractivity contribution in [3.63, 3.8) is 0 Å². The average molecular weight is 303 g/mol. The summed E-state index contributed by atoms with van der Waals surface area (Å²) >= 11 is 1.39. The second-order valence-corrected chi connectivity index (χ2v) is 5.07. The third-order valence-electron chi connectivity index (χ3n) is 2.76. The standard InChI is InChI=1S/C14H13N3O3S/c1-15-12-9-10(17(19)20)4-5-11(12)16-7-6-13(18)14-3-2-8-21-14/h2-5,7-9,15H,6H2,1H3. The quantitative estimate of drug-likeness (QED) is 0.382. The van der Waals surface area contributed by atoms with Gasteiger partial charge in [-0.25, -0.2) is 0 Å². The fourth-order valence-corrected chi connectivity index (χ4v) is 2.39. The maximum Gasteiger partial charge on any atom is 0.271 e. The molecule has 0 radical (unpaired) electrons. The number of benzene rings is 1. The molecule has 0 saturated carbocycles. The van der Waals surface area contributed by atoms with E-state index in [1.807, 2.05) is 11.4 Å². The summed E-state index contributed by atoms with van der Waals surface area (Å²) in [6, 6.07) is 7.94. The topological polar surface area (TPSA) is 84.6 Å². The minimum atomic E-state index is -0.464. The summed E-state index contributed by atoms with van der Waals surface area (Å²) in [7, 11) is 1.66. The van der Waals surface area contributed by atoms with Crippen molar-refractivity contribution < 1.29 is 9.72 Å². The molecule has 0 bridgehead atoms. The molecule has 1 aromatic heterocycles. The molecule has 6 nitrogen and oxygen atoms in total. The summed E-state index contributed by atoms with van der Waals surface area (Å²) in [6.45, 7) is 0. The highest BCUT2D eigenvalue weighted by molar-refractivity contribution is 7.12. The Hall–Kier alpha value is -2.54. The molecule has 0 fully saturated rings. The number of non-ortho nitro benzene ring substituents is 1. The summed E-state index contributed by atoms with van der Waals surface area (Å²) in [4.78, 5) is 26.9. The van der Waals surface area contributed by atoms with E-state index in [2.05, 4.69) is 10.3 Å². The van der Waals surface area contributed by atoms with Gasteiger partial charge in [-0.3, -0.25) is 19.9 Å². The van der Waals surface area contributed by atoms with Crippen LogP contribution in [0, 0.1) is 10.1 Å². The number of thiophene rings is 1. The molecule has 0 aliphatic heterocycles. The number of nitro benzene ring substituents is 1. The van der Waals surface area contributed by atoms with Crippen LogP contribution in [0.5, 0.6) is 0 Å². The number of hydrogen-bond acceptors (Lipinski definition) is 6. The van der Waals surface area contributed by atoms with Gasteiger partial charge in [-0.05, 0) is 17.5 Å². The molecule has 108 valence electrons. The van der Waals surface area contributed by atoms with Crippen LogP contribution in [0.1, 0.15) is 16.1 Å². The number of carbonyl (C=O) groups excluding carboxylic acids is 1. The number of Topliss-reactive ketones (excluding diaryl/α,β-unsaturated/α-hetero) is 1. The van der Waals surface area contributed by atoms with Crippen molar-refractivity contribution in [3.05, 3.63) is 50.7 Å². The van der Waals surface area contributed by atoms with E-state index in [1.165, 1.54) is 29.7 Å². The second kappa shape index (κ2) is 6.76. The maximum absolute atomic E-state index is 11.8. The van der Waals surface area contributed by atoms with Gasteiger partial charge in [-0.1, -0.05) is 6.07 Å². The molecule has 0 aliphatic rings. The molecule has 0 amide bonds. The first-order valence-electron chi connectivity index (χ1n) is 6.17. The molecule has 0 saturated heterocycles. The predicted octanol–water partition coefficient (Wildman–Crippen LogP) is 3.67. The van der Waals surface area contributed by atoms with Crippen molar-refractivity contribution in [2.45, 2.75) is 6.42 Å². The normalized spacial score (nSPS) is 10.7. The third-order valence-corrected chi connectivity index (χ3v) is 3.67. The number of aliphatic imine (C=N–C) groups is 1. The van der Waals surface area contributed by atoms with Crippen LogP contribution in [0.4, 0.5) is 17.1 Å². The monoisotopic (exact) mass is 303 g/mol. The van der Waals surface area contributed by atoms with E-state index in [9.17, 15) is 14.9 Å². The van der Waals surface area contributed by atoms with Gasteiger partial charge in [0.25, 0.3) is 5.69 Å². The van der Waals surface area contributed by atoms with Gasteiger partial charge >= 0.3 is 0 Å². The summed E-state index contributed by atoms with van der Waals surface area (Å²) in [6.07, 6.45) is 1.71. The number of nitrogens with one attached hydrogen (secondary N) is 1. The van der Waals surface area contributed by atoms with Crippen molar-refractivity contribution in [2.24, 2.45) is 4.99 Å². The van der Waals surface area contributed by atoms with E-state index in [-0.39, 0.29) is 17.9 Å².